The number of sulfonamides is 1. The summed E-state index contributed by atoms with van der Waals surface area (Å²) < 4.78 is 39.4. The summed E-state index contributed by atoms with van der Waals surface area (Å²) in [6, 6.07) is 3.51. The van der Waals surface area contributed by atoms with Crippen molar-refractivity contribution in [2.45, 2.75) is 11.3 Å². The third-order valence-electron chi connectivity index (χ3n) is 2.33. The van der Waals surface area contributed by atoms with Crippen molar-refractivity contribution >= 4 is 31.9 Å². The number of amides is 1. The first kappa shape index (κ1) is 16.1. The Morgan fingerprint density at radius 2 is 2.05 bits per heavy atom. The molecule has 0 aliphatic carbocycles. The Bertz CT molecular complexity index is 575. The molecule has 0 radical (unpaired) electrons. The van der Waals surface area contributed by atoms with E-state index in [0.29, 0.717) is 0 Å². The highest BCUT2D eigenvalue weighted by molar-refractivity contribution is 9.10. The van der Waals surface area contributed by atoms with Gasteiger partial charge in [0.25, 0.3) is 0 Å². The Kier molecular flexibility index (Phi) is 5.45. The molecule has 0 fully saturated rings. The number of benzene rings is 1. The minimum Gasteiger partial charge on any atom is -0.349 e. The van der Waals surface area contributed by atoms with Crippen molar-refractivity contribution in [3.63, 3.8) is 0 Å². The number of nitrogens with one attached hydrogen (secondary N) is 1. The Labute approximate surface area is 120 Å². The second kappa shape index (κ2) is 6.44. The Morgan fingerprint density at radius 1 is 1.42 bits per heavy atom. The maximum absolute atomic E-state index is 13.3. The molecule has 0 bridgehead atoms. The van der Waals surface area contributed by atoms with Gasteiger partial charge < -0.3 is 4.90 Å². The fourth-order valence-electron chi connectivity index (χ4n) is 1.24. The zero-order valence-corrected chi connectivity index (χ0v) is 12.9. The molecule has 1 aromatic rings. The van der Waals surface area contributed by atoms with Crippen LogP contribution in [0.25, 0.3) is 0 Å². The molecule has 0 aliphatic rings. The Morgan fingerprint density at radius 3 is 2.58 bits per heavy atom. The molecular weight excluding hydrogens is 339 g/mol. The van der Waals surface area contributed by atoms with E-state index >= 15 is 0 Å². The second-order valence-corrected chi connectivity index (χ2v) is 6.63. The summed E-state index contributed by atoms with van der Waals surface area (Å²) in [5.41, 5.74) is 0. The van der Waals surface area contributed by atoms with Crippen LogP contribution in [-0.4, -0.2) is 39.9 Å². The highest BCUT2D eigenvalue weighted by atomic mass is 79.9. The molecule has 106 valence electrons. The summed E-state index contributed by atoms with van der Waals surface area (Å²) in [6.07, 6.45) is 0.0469. The number of rotatable bonds is 5. The lowest BCUT2D eigenvalue weighted by Gasteiger charge is -2.11. The van der Waals surface area contributed by atoms with Gasteiger partial charge in [0.05, 0.1) is 9.37 Å². The molecule has 8 heteroatoms. The molecule has 0 heterocycles. The quantitative estimate of drug-likeness (QED) is 0.869. The molecule has 0 aliphatic heterocycles. The third kappa shape index (κ3) is 4.55. The van der Waals surface area contributed by atoms with Crippen LogP contribution in [0.1, 0.15) is 6.42 Å². The summed E-state index contributed by atoms with van der Waals surface area (Å²) in [4.78, 5) is 12.5. The Hall–Kier alpha value is -0.990. The van der Waals surface area contributed by atoms with E-state index in [1.165, 1.54) is 17.0 Å². The van der Waals surface area contributed by atoms with Gasteiger partial charge in [0.15, 0.2) is 0 Å². The molecule has 0 aromatic heterocycles. The predicted octanol–water partition coefficient (Wildman–Crippen LogP) is 1.34. The lowest BCUT2D eigenvalue weighted by atomic mass is 10.3. The molecule has 19 heavy (non-hydrogen) atoms. The molecular formula is C11H14BrFN2O3S. The fraction of sp³-hybridized carbons (Fsp3) is 0.364. The number of carbonyl (C=O) groups is 1. The number of hydrogen-bond donors (Lipinski definition) is 1. The second-order valence-electron chi connectivity index (χ2n) is 4.01. The summed E-state index contributed by atoms with van der Waals surface area (Å²) in [5, 5.41) is 0. The van der Waals surface area contributed by atoms with E-state index in [9.17, 15) is 17.6 Å². The lowest BCUT2D eigenvalue weighted by molar-refractivity contribution is -0.128. The average Bonchev–Trinajstić information content (AvgIpc) is 2.32. The predicted molar refractivity (Wildman–Crippen MR) is 72.6 cm³/mol. The standard InChI is InChI=1S/C11H14BrFN2O3S/c1-15(2)11(16)5-6-14-19(17,18)8-3-4-9(12)10(13)7-8/h3-4,7,14H,5-6H2,1-2H3. The SMILES string of the molecule is CN(C)C(=O)CCNS(=O)(=O)c1ccc(Br)c(F)c1. The first-order valence-corrected chi connectivity index (χ1v) is 7.66. The molecule has 1 amide bonds. The maximum Gasteiger partial charge on any atom is 0.240 e. The van der Waals surface area contributed by atoms with Gasteiger partial charge >= 0.3 is 0 Å². The molecule has 1 rings (SSSR count). The van der Waals surface area contributed by atoms with Crippen molar-refractivity contribution < 1.29 is 17.6 Å². The van der Waals surface area contributed by atoms with Crippen LogP contribution < -0.4 is 4.72 Å². The van der Waals surface area contributed by atoms with E-state index in [1.54, 1.807) is 14.1 Å². The molecule has 0 saturated heterocycles. The summed E-state index contributed by atoms with van der Waals surface area (Å²) in [6.45, 7) is -0.0307. The molecule has 5 nitrogen and oxygen atoms in total. The van der Waals surface area contributed by atoms with E-state index in [0.717, 1.165) is 6.07 Å². The van der Waals surface area contributed by atoms with E-state index in [1.807, 2.05) is 0 Å². The largest absolute Gasteiger partial charge is 0.349 e. The van der Waals surface area contributed by atoms with Gasteiger partial charge in [0.2, 0.25) is 15.9 Å². The van der Waals surface area contributed by atoms with E-state index in [2.05, 4.69) is 20.7 Å². The number of hydrogen-bond acceptors (Lipinski definition) is 3. The topological polar surface area (TPSA) is 66.5 Å². The van der Waals surface area contributed by atoms with E-state index < -0.39 is 15.8 Å². The normalized spacial score (nSPS) is 11.4. The van der Waals surface area contributed by atoms with Crippen LogP contribution in [0, 0.1) is 5.82 Å². The van der Waals surface area contributed by atoms with Gasteiger partial charge in [-0.05, 0) is 34.1 Å². The van der Waals surface area contributed by atoms with Crippen LogP contribution in [0.5, 0.6) is 0 Å². The summed E-state index contributed by atoms with van der Waals surface area (Å²) in [5.74, 6) is -0.850. The van der Waals surface area contributed by atoms with Crippen molar-refractivity contribution in [1.82, 2.24) is 9.62 Å². The Balaban J connectivity index is 2.71. The molecule has 0 atom stereocenters. The van der Waals surface area contributed by atoms with Crippen LogP contribution >= 0.6 is 15.9 Å². The third-order valence-corrected chi connectivity index (χ3v) is 4.43. The number of carbonyl (C=O) groups excluding carboxylic acids is 1. The smallest absolute Gasteiger partial charge is 0.240 e. The van der Waals surface area contributed by atoms with Crippen molar-refractivity contribution in [3.8, 4) is 0 Å². The van der Waals surface area contributed by atoms with Gasteiger partial charge in [0.1, 0.15) is 5.82 Å². The van der Waals surface area contributed by atoms with Crippen molar-refractivity contribution in [2.24, 2.45) is 0 Å². The molecule has 0 unspecified atom stereocenters. The fourth-order valence-corrected chi connectivity index (χ4v) is 2.53. The highest BCUT2D eigenvalue weighted by Gasteiger charge is 2.16. The molecule has 0 spiro atoms. The number of nitrogens with zero attached hydrogens (tertiary/aromatic N) is 1. The van der Waals surface area contributed by atoms with Crippen LogP contribution in [0.4, 0.5) is 4.39 Å². The zero-order valence-electron chi connectivity index (χ0n) is 10.5. The lowest BCUT2D eigenvalue weighted by Crippen LogP contribution is -2.30. The van der Waals surface area contributed by atoms with Crippen LogP contribution in [0.3, 0.4) is 0 Å². The maximum atomic E-state index is 13.3. The van der Waals surface area contributed by atoms with Gasteiger partial charge in [0, 0.05) is 27.1 Å². The first-order valence-electron chi connectivity index (χ1n) is 5.39. The average molecular weight is 353 g/mol. The minimum atomic E-state index is -3.80. The summed E-state index contributed by atoms with van der Waals surface area (Å²) >= 11 is 2.94. The van der Waals surface area contributed by atoms with Crippen LogP contribution in [-0.2, 0) is 14.8 Å². The van der Waals surface area contributed by atoms with Crippen molar-refractivity contribution in [2.75, 3.05) is 20.6 Å². The van der Waals surface area contributed by atoms with Crippen molar-refractivity contribution in [3.05, 3.63) is 28.5 Å². The van der Waals surface area contributed by atoms with Gasteiger partial charge in [-0.2, -0.15) is 0 Å². The summed E-state index contributed by atoms with van der Waals surface area (Å²) in [7, 11) is -0.634. The van der Waals surface area contributed by atoms with E-state index in [4.69, 9.17) is 0 Å². The van der Waals surface area contributed by atoms with E-state index in [-0.39, 0.29) is 28.2 Å². The van der Waals surface area contributed by atoms with Crippen molar-refractivity contribution in [1.29, 1.82) is 0 Å². The molecule has 1 aromatic carbocycles. The van der Waals surface area contributed by atoms with Gasteiger partial charge in [-0.25, -0.2) is 17.5 Å². The first-order chi connectivity index (χ1) is 8.74. The minimum absolute atomic E-state index is 0.0307. The van der Waals surface area contributed by atoms with Crippen LogP contribution in [0.15, 0.2) is 27.6 Å². The molecule has 0 saturated carbocycles. The zero-order chi connectivity index (χ0) is 14.6. The monoisotopic (exact) mass is 352 g/mol. The van der Waals surface area contributed by atoms with Gasteiger partial charge in [-0.3, -0.25) is 4.79 Å². The van der Waals surface area contributed by atoms with Crippen LogP contribution in [0.2, 0.25) is 0 Å². The van der Waals surface area contributed by atoms with Gasteiger partial charge in [-0.15, -0.1) is 0 Å². The molecule has 1 N–H and O–H groups in total. The van der Waals surface area contributed by atoms with Gasteiger partial charge in [-0.1, -0.05) is 0 Å². The highest BCUT2D eigenvalue weighted by Crippen LogP contribution is 2.19. The number of halogens is 2.